The molecule has 0 spiro atoms. The van der Waals surface area contributed by atoms with E-state index in [2.05, 4.69) is 10.3 Å². The fourth-order valence-electron chi connectivity index (χ4n) is 2.33. The maximum absolute atomic E-state index is 11.8. The molecular formula is C18H19N3O2. The molecule has 3 aromatic rings. The zero-order chi connectivity index (χ0) is 16.1. The van der Waals surface area contributed by atoms with Crippen LogP contribution in [0.25, 0.3) is 5.52 Å². The summed E-state index contributed by atoms with van der Waals surface area (Å²) in [5, 5.41) is 2.85. The van der Waals surface area contributed by atoms with E-state index >= 15 is 0 Å². The third kappa shape index (κ3) is 3.88. The zero-order valence-corrected chi connectivity index (χ0v) is 13.0. The highest BCUT2D eigenvalue weighted by Gasteiger charge is 2.05. The van der Waals surface area contributed by atoms with E-state index < -0.39 is 0 Å². The van der Waals surface area contributed by atoms with Gasteiger partial charge in [0.05, 0.1) is 11.7 Å². The van der Waals surface area contributed by atoms with Gasteiger partial charge in [-0.1, -0.05) is 23.8 Å². The molecule has 2 aromatic heterocycles. The number of aromatic nitrogens is 2. The van der Waals surface area contributed by atoms with Crippen LogP contribution in [0.2, 0.25) is 0 Å². The number of ether oxygens (including phenoxy) is 1. The van der Waals surface area contributed by atoms with Crippen molar-refractivity contribution >= 4 is 11.4 Å². The highest BCUT2D eigenvalue weighted by molar-refractivity contribution is 5.77. The molecule has 0 saturated heterocycles. The number of benzene rings is 1. The molecule has 2 heterocycles. The smallest absolute Gasteiger partial charge is 0.257 e. The molecule has 1 amide bonds. The minimum atomic E-state index is -0.133. The number of carbonyl (C=O) groups excluding carboxylic acids is 1. The van der Waals surface area contributed by atoms with E-state index in [9.17, 15) is 4.79 Å². The Morgan fingerprint density at radius 3 is 2.87 bits per heavy atom. The second kappa shape index (κ2) is 6.96. The molecule has 0 aliphatic carbocycles. The monoisotopic (exact) mass is 309 g/mol. The van der Waals surface area contributed by atoms with Crippen LogP contribution in [0.15, 0.2) is 54.9 Å². The van der Waals surface area contributed by atoms with Crippen LogP contribution in [0, 0.1) is 6.92 Å². The minimum Gasteiger partial charge on any atom is -0.484 e. The van der Waals surface area contributed by atoms with Gasteiger partial charge in [0.25, 0.3) is 5.91 Å². The summed E-state index contributed by atoms with van der Waals surface area (Å²) in [6.07, 6.45) is 4.48. The van der Waals surface area contributed by atoms with Crippen LogP contribution in [-0.4, -0.2) is 28.4 Å². The SMILES string of the molecule is Cc1ccc(OCC(=O)NCCc2ncc3ccccn23)cc1. The van der Waals surface area contributed by atoms with Crippen molar-refractivity contribution < 1.29 is 9.53 Å². The summed E-state index contributed by atoms with van der Waals surface area (Å²) in [5.41, 5.74) is 2.21. The molecule has 5 nitrogen and oxygen atoms in total. The number of nitrogens with one attached hydrogen (secondary N) is 1. The summed E-state index contributed by atoms with van der Waals surface area (Å²) >= 11 is 0. The van der Waals surface area contributed by atoms with Crippen molar-refractivity contribution in [3.63, 3.8) is 0 Å². The van der Waals surface area contributed by atoms with Gasteiger partial charge in [0.1, 0.15) is 11.6 Å². The zero-order valence-electron chi connectivity index (χ0n) is 13.0. The van der Waals surface area contributed by atoms with Crippen molar-refractivity contribution in [2.75, 3.05) is 13.2 Å². The number of amides is 1. The van der Waals surface area contributed by atoms with Crippen molar-refractivity contribution in [3.8, 4) is 5.75 Å². The van der Waals surface area contributed by atoms with Gasteiger partial charge < -0.3 is 14.5 Å². The molecule has 1 aromatic carbocycles. The van der Waals surface area contributed by atoms with Crippen LogP contribution in [-0.2, 0) is 11.2 Å². The van der Waals surface area contributed by atoms with E-state index in [-0.39, 0.29) is 12.5 Å². The Kier molecular flexibility index (Phi) is 4.57. The Bertz CT molecular complexity index is 793. The van der Waals surface area contributed by atoms with Gasteiger partial charge in [0.2, 0.25) is 0 Å². The van der Waals surface area contributed by atoms with Crippen molar-refractivity contribution in [3.05, 3.63) is 66.2 Å². The molecule has 0 fully saturated rings. The topological polar surface area (TPSA) is 55.6 Å². The standard InChI is InChI=1S/C18H19N3O2/c1-14-5-7-16(8-6-14)23-13-18(22)19-10-9-17-20-12-15-4-2-3-11-21(15)17/h2-8,11-12H,9-10,13H2,1H3,(H,19,22). The molecule has 0 aliphatic rings. The molecule has 0 atom stereocenters. The molecule has 5 heteroatoms. The lowest BCUT2D eigenvalue weighted by Gasteiger charge is -2.07. The van der Waals surface area contributed by atoms with E-state index in [1.54, 1.807) is 0 Å². The number of nitrogens with zero attached hydrogens (tertiary/aromatic N) is 2. The second-order valence-corrected chi connectivity index (χ2v) is 5.37. The fourth-order valence-corrected chi connectivity index (χ4v) is 2.33. The molecule has 0 bridgehead atoms. The summed E-state index contributed by atoms with van der Waals surface area (Å²) in [4.78, 5) is 16.2. The van der Waals surface area contributed by atoms with Gasteiger partial charge >= 0.3 is 0 Å². The number of aryl methyl sites for hydroxylation is 1. The first kappa shape index (κ1) is 15.1. The van der Waals surface area contributed by atoms with Crippen molar-refractivity contribution in [1.29, 1.82) is 0 Å². The number of carbonyl (C=O) groups is 1. The fraction of sp³-hybridized carbons (Fsp3) is 0.222. The summed E-state index contributed by atoms with van der Waals surface area (Å²) in [6, 6.07) is 13.6. The quantitative estimate of drug-likeness (QED) is 0.760. The summed E-state index contributed by atoms with van der Waals surface area (Å²) in [5.74, 6) is 1.50. The van der Waals surface area contributed by atoms with Gasteiger partial charge in [0.15, 0.2) is 6.61 Å². The molecule has 0 radical (unpaired) electrons. The Morgan fingerprint density at radius 2 is 2.04 bits per heavy atom. The first-order chi connectivity index (χ1) is 11.2. The van der Waals surface area contributed by atoms with E-state index in [0.29, 0.717) is 18.7 Å². The van der Waals surface area contributed by atoms with Crippen LogP contribution in [0.5, 0.6) is 5.75 Å². The summed E-state index contributed by atoms with van der Waals surface area (Å²) in [7, 11) is 0. The first-order valence-corrected chi connectivity index (χ1v) is 7.59. The largest absolute Gasteiger partial charge is 0.484 e. The van der Waals surface area contributed by atoms with Gasteiger partial charge in [-0.2, -0.15) is 0 Å². The Labute approximate surface area is 134 Å². The van der Waals surface area contributed by atoms with Crippen LogP contribution < -0.4 is 10.1 Å². The molecule has 3 rings (SSSR count). The van der Waals surface area contributed by atoms with Gasteiger partial charge in [0, 0.05) is 19.2 Å². The molecule has 1 N–H and O–H groups in total. The molecule has 0 unspecified atom stereocenters. The maximum Gasteiger partial charge on any atom is 0.257 e. The number of hydrogen-bond acceptors (Lipinski definition) is 3. The number of fused-ring (bicyclic) bond motifs is 1. The molecule has 0 aliphatic heterocycles. The lowest BCUT2D eigenvalue weighted by Crippen LogP contribution is -2.30. The van der Waals surface area contributed by atoms with E-state index in [1.165, 1.54) is 0 Å². The third-order valence-electron chi connectivity index (χ3n) is 3.58. The van der Waals surface area contributed by atoms with Gasteiger partial charge in [-0.05, 0) is 31.2 Å². The second-order valence-electron chi connectivity index (χ2n) is 5.37. The highest BCUT2D eigenvalue weighted by atomic mass is 16.5. The predicted molar refractivity (Wildman–Crippen MR) is 88.6 cm³/mol. The number of pyridine rings is 1. The third-order valence-corrected chi connectivity index (χ3v) is 3.58. The van der Waals surface area contributed by atoms with Crippen LogP contribution in [0.4, 0.5) is 0 Å². The van der Waals surface area contributed by atoms with Crippen molar-refractivity contribution in [2.45, 2.75) is 13.3 Å². The van der Waals surface area contributed by atoms with Gasteiger partial charge in [-0.25, -0.2) is 4.98 Å². The lowest BCUT2D eigenvalue weighted by atomic mass is 10.2. The van der Waals surface area contributed by atoms with E-state index in [4.69, 9.17) is 4.74 Å². The van der Waals surface area contributed by atoms with E-state index in [1.807, 2.05) is 66.2 Å². The summed E-state index contributed by atoms with van der Waals surface area (Å²) in [6.45, 7) is 2.56. The molecular weight excluding hydrogens is 290 g/mol. The molecule has 23 heavy (non-hydrogen) atoms. The van der Waals surface area contributed by atoms with Crippen molar-refractivity contribution in [2.24, 2.45) is 0 Å². The summed E-state index contributed by atoms with van der Waals surface area (Å²) < 4.78 is 7.47. The lowest BCUT2D eigenvalue weighted by molar-refractivity contribution is -0.123. The van der Waals surface area contributed by atoms with Crippen molar-refractivity contribution in [1.82, 2.24) is 14.7 Å². The highest BCUT2D eigenvalue weighted by Crippen LogP contribution is 2.11. The molecule has 0 saturated carbocycles. The average molecular weight is 309 g/mol. The minimum absolute atomic E-state index is 0.0192. The normalized spacial score (nSPS) is 10.7. The van der Waals surface area contributed by atoms with Crippen LogP contribution in [0.1, 0.15) is 11.4 Å². The Hall–Kier alpha value is -2.82. The van der Waals surface area contributed by atoms with Gasteiger partial charge in [-0.3, -0.25) is 4.79 Å². The van der Waals surface area contributed by atoms with Gasteiger partial charge in [-0.15, -0.1) is 0 Å². The Balaban J connectivity index is 1.45. The maximum atomic E-state index is 11.8. The number of rotatable bonds is 6. The van der Waals surface area contributed by atoms with Crippen LogP contribution >= 0.6 is 0 Å². The number of hydrogen-bond donors (Lipinski definition) is 1. The number of imidazole rings is 1. The predicted octanol–water partition coefficient (Wildman–Crippen LogP) is 2.38. The Morgan fingerprint density at radius 1 is 1.22 bits per heavy atom. The molecule has 118 valence electrons. The average Bonchev–Trinajstić information content (AvgIpc) is 2.98. The first-order valence-electron chi connectivity index (χ1n) is 7.59. The van der Waals surface area contributed by atoms with Crippen LogP contribution in [0.3, 0.4) is 0 Å². The van der Waals surface area contributed by atoms with E-state index in [0.717, 1.165) is 16.9 Å².